The van der Waals surface area contributed by atoms with E-state index in [9.17, 15) is 4.79 Å². The zero-order chi connectivity index (χ0) is 20.1. The number of nitrogens with zero attached hydrogens (tertiary/aromatic N) is 4. The Morgan fingerprint density at radius 2 is 2.14 bits per heavy atom. The molecule has 2 heterocycles. The van der Waals surface area contributed by atoms with Crippen LogP contribution in [-0.4, -0.2) is 27.1 Å². The van der Waals surface area contributed by atoms with E-state index in [-0.39, 0.29) is 12.5 Å². The highest BCUT2D eigenvalue weighted by molar-refractivity contribution is 6.05. The summed E-state index contributed by atoms with van der Waals surface area (Å²) in [6.45, 7) is 5.30. The summed E-state index contributed by atoms with van der Waals surface area (Å²) in [5.41, 5.74) is 11.6. The fourth-order valence-electron chi connectivity index (χ4n) is 4.10. The lowest BCUT2D eigenvalue weighted by Crippen LogP contribution is -2.26. The van der Waals surface area contributed by atoms with Crippen molar-refractivity contribution < 1.29 is 4.79 Å². The minimum atomic E-state index is -0.143. The number of carbonyl (C=O) groups excluding carboxylic acids is 1. The number of nitrogen functional groups attached to an aromatic ring is 1. The normalized spacial score (nSPS) is 15.6. The summed E-state index contributed by atoms with van der Waals surface area (Å²) in [7, 11) is 0. The fourth-order valence-corrected chi connectivity index (χ4v) is 4.10. The Morgan fingerprint density at radius 1 is 1.31 bits per heavy atom. The first-order chi connectivity index (χ1) is 14.0. The molecule has 0 unspecified atom stereocenters. The lowest BCUT2D eigenvalue weighted by atomic mass is 9.95. The number of fused-ring (bicyclic) bond motifs is 2. The third-order valence-corrected chi connectivity index (χ3v) is 5.82. The van der Waals surface area contributed by atoms with Crippen LogP contribution in [0.5, 0.6) is 0 Å². The van der Waals surface area contributed by atoms with Crippen LogP contribution in [0, 0.1) is 17.2 Å². The molecule has 0 spiro atoms. The number of rotatable bonds is 5. The Bertz CT molecular complexity index is 1210. The van der Waals surface area contributed by atoms with E-state index in [0.29, 0.717) is 23.4 Å². The van der Waals surface area contributed by atoms with Crippen molar-refractivity contribution in [2.75, 3.05) is 12.3 Å². The van der Waals surface area contributed by atoms with Crippen LogP contribution in [0.15, 0.2) is 48.7 Å². The largest absolute Gasteiger partial charge is 0.398 e. The van der Waals surface area contributed by atoms with Crippen molar-refractivity contribution in [3.05, 3.63) is 59.8 Å². The molecule has 0 radical (unpaired) electrons. The molecule has 2 N–H and O–H groups in total. The Morgan fingerprint density at radius 3 is 2.90 bits per heavy atom. The van der Waals surface area contributed by atoms with Gasteiger partial charge in [-0.05, 0) is 47.6 Å². The maximum absolute atomic E-state index is 12.9. The summed E-state index contributed by atoms with van der Waals surface area (Å²) < 4.78 is 2.09. The molecule has 6 heteroatoms. The molecule has 5 rings (SSSR count). The topological polar surface area (TPSA) is 87.9 Å². The lowest BCUT2D eigenvalue weighted by Gasteiger charge is -2.14. The van der Waals surface area contributed by atoms with E-state index in [4.69, 9.17) is 11.0 Å². The Hall–Kier alpha value is -3.59. The Labute approximate surface area is 168 Å². The van der Waals surface area contributed by atoms with Gasteiger partial charge in [-0.15, -0.1) is 0 Å². The van der Waals surface area contributed by atoms with E-state index < -0.39 is 0 Å². The van der Waals surface area contributed by atoms with Crippen LogP contribution in [0.25, 0.3) is 22.0 Å². The summed E-state index contributed by atoms with van der Waals surface area (Å²) in [6, 6.07) is 12.1. The number of hydrogen-bond acceptors (Lipinski definition) is 4. The SMILES string of the molecule is C=C(C#N)CN1Cc2c(-c3ccc4cnn(CC5CC5)c4c3)ccc(N)c2C1=O. The summed E-state index contributed by atoms with van der Waals surface area (Å²) in [5.74, 6) is 0.595. The standard InChI is InChI=1S/C23H21N5O/c1-14(9-24)11-27-13-19-18(6-7-20(25)22(19)23(27)29)16-4-5-17-10-26-28(21(17)8-16)12-15-2-3-15/h4-8,10,15H,1-3,11-13,25H2. The number of aromatic nitrogens is 2. The highest BCUT2D eigenvalue weighted by atomic mass is 16.2. The van der Waals surface area contributed by atoms with Gasteiger partial charge in [-0.2, -0.15) is 10.4 Å². The second-order valence-electron chi connectivity index (χ2n) is 7.98. The van der Waals surface area contributed by atoms with Gasteiger partial charge in [0, 0.05) is 29.7 Å². The van der Waals surface area contributed by atoms with Crippen molar-refractivity contribution in [2.45, 2.75) is 25.9 Å². The molecule has 1 amide bonds. The van der Waals surface area contributed by atoms with Gasteiger partial charge in [-0.1, -0.05) is 24.8 Å². The van der Waals surface area contributed by atoms with Gasteiger partial charge in [-0.25, -0.2) is 0 Å². The molecule has 0 atom stereocenters. The van der Waals surface area contributed by atoms with Crippen molar-refractivity contribution >= 4 is 22.5 Å². The molecule has 1 fully saturated rings. The summed E-state index contributed by atoms with van der Waals surface area (Å²) in [6.07, 6.45) is 4.46. The minimum absolute atomic E-state index is 0.143. The number of anilines is 1. The van der Waals surface area contributed by atoms with Crippen LogP contribution in [0.1, 0.15) is 28.8 Å². The predicted octanol–water partition coefficient (Wildman–Crippen LogP) is 3.73. The van der Waals surface area contributed by atoms with Crippen LogP contribution < -0.4 is 5.73 Å². The van der Waals surface area contributed by atoms with Crippen molar-refractivity contribution in [3.63, 3.8) is 0 Å². The van der Waals surface area contributed by atoms with E-state index in [1.807, 2.05) is 18.3 Å². The molecule has 1 aliphatic carbocycles. The highest BCUT2D eigenvalue weighted by Crippen LogP contribution is 2.37. The number of amides is 1. The second kappa shape index (κ2) is 6.49. The number of carbonyl (C=O) groups is 1. The molecule has 6 nitrogen and oxygen atoms in total. The number of nitrogens with two attached hydrogens (primary N) is 1. The third-order valence-electron chi connectivity index (χ3n) is 5.82. The van der Waals surface area contributed by atoms with E-state index >= 15 is 0 Å². The van der Waals surface area contributed by atoms with Crippen molar-refractivity contribution in [2.24, 2.45) is 5.92 Å². The van der Waals surface area contributed by atoms with E-state index in [2.05, 4.69) is 34.6 Å². The molecular weight excluding hydrogens is 362 g/mol. The second-order valence-corrected chi connectivity index (χ2v) is 7.98. The minimum Gasteiger partial charge on any atom is -0.398 e. The van der Waals surface area contributed by atoms with Crippen molar-refractivity contribution in [1.29, 1.82) is 5.26 Å². The molecule has 0 bridgehead atoms. The molecule has 144 valence electrons. The molecule has 3 aromatic rings. The van der Waals surface area contributed by atoms with Gasteiger partial charge < -0.3 is 10.6 Å². The first kappa shape index (κ1) is 17.5. The van der Waals surface area contributed by atoms with Crippen molar-refractivity contribution in [3.8, 4) is 17.2 Å². The first-order valence-corrected chi connectivity index (χ1v) is 9.79. The van der Waals surface area contributed by atoms with Crippen molar-refractivity contribution in [1.82, 2.24) is 14.7 Å². The Balaban J connectivity index is 1.57. The molecule has 1 saturated carbocycles. The van der Waals surface area contributed by atoms with Crippen LogP contribution in [0.3, 0.4) is 0 Å². The van der Waals surface area contributed by atoms with Gasteiger partial charge in [-0.3, -0.25) is 9.48 Å². The first-order valence-electron chi connectivity index (χ1n) is 9.79. The average Bonchev–Trinajstić information content (AvgIpc) is 3.36. The van der Waals surface area contributed by atoms with Crippen LogP contribution in [-0.2, 0) is 13.1 Å². The Kier molecular flexibility index (Phi) is 3.92. The van der Waals surface area contributed by atoms with Gasteiger partial charge in [0.15, 0.2) is 0 Å². The van der Waals surface area contributed by atoms with E-state index in [0.717, 1.165) is 40.1 Å². The zero-order valence-corrected chi connectivity index (χ0v) is 16.1. The molecule has 2 aliphatic rings. The van der Waals surface area contributed by atoms with Crippen LogP contribution in [0.4, 0.5) is 5.69 Å². The number of hydrogen-bond donors (Lipinski definition) is 1. The number of benzene rings is 2. The van der Waals surface area contributed by atoms with Crippen LogP contribution in [0.2, 0.25) is 0 Å². The lowest BCUT2D eigenvalue weighted by molar-refractivity contribution is 0.0794. The average molecular weight is 383 g/mol. The summed E-state index contributed by atoms with van der Waals surface area (Å²) >= 11 is 0. The van der Waals surface area contributed by atoms with Gasteiger partial charge in [0.1, 0.15) is 0 Å². The third kappa shape index (κ3) is 2.95. The highest BCUT2D eigenvalue weighted by Gasteiger charge is 2.32. The van der Waals surface area contributed by atoms with E-state index in [1.54, 1.807) is 11.0 Å². The molecule has 1 aliphatic heterocycles. The van der Waals surface area contributed by atoms with Gasteiger partial charge in [0.25, 0.3) is 5.91 Å². The van der Waals surface area contributed by atoms with Gasteiger partial charge in [0.05, 0.1) is 29.9 Å². The van der Waals surface area contributed by atoms with E-state index in [1.165, 1.54) is 12.8 Å². The predicted molar refractivity (Wildman–Crippen MR) is 112 cm³/mol. The van der Waals surface area contributed by atoms with Gasteiger partial charge in [0.2, 0.25) is 0 Å². The van der Waals surface area contributed by atoms with Gasteiger partial charge >= 0.3 is 0 Å². The molecule has 1 aromatic heterocycles. The molecule has 2 aromatic carbocycles. The smallest absolute Gasteiger partial charge is 0.256 e. The maximum atomic E-state index is 12.9. The molecule has 0 saturated heterocycles. The summed E-state index contributed by atoms with van der Waals surface area (Å²) in [4.78, 5) is 14.5. The monoisotopic (exact) mass is 383 g/mol. The fraction of sp³-hybridized carbons (Fsp3) is 0.261. The summed E-state index contributed by atoms with van der Waals surface area (Å²) in [5, 5.41) is 14.7. The molecule has 29 heavy (non-hydrogen) atoms. The quantitative estimate of drug-likeness (QED) is 0.537. The maximum Gasteiger partial charge on any atom is 0.256 e. The number of nitriles is 1. The molecular formula is C23H21N5O. The zero-order valence-electron chi connectivity index (χ0n) is 16.1. The van der Waals surface area contributed by atoms with Crippen LogP contribution >= 0.6 is 0 Å².